The molecule has 0 amide bonds. The van der Waals surface area contributed by atoms with Gasteiger partial charge in [-0.15, -0.1) is 0 Å². The standard InChI is InChI=1S/C20H20ClFN2O/c1-10-15-16(21)13(12-6-4-5-11-7-8-23-17(11)12)9-14(22)18(15)24-20(2,3)19(10)25/h4-10,19,23-25H,1-3H3. The number of benzene rings is 2. The van der Waals surface area contributed by atoms with Gasteiger partial charge in [-0.25, -0.2) is 4.39 Å². The van der Waals surface area contributed by atoms with Crippen molar-refractivity contribution in [3.05, 3.63) is 52.9 Å². The highest BCUT2D eigenvalue weighted by Gasteiger charge is 2.41. The van der Waals surface area contributed by atoms with Crippen LogP contribution < -0.4 is 5.32 Å². The summed E-state index contributed by atoms with van der Waals surface area (Å²) in [6.45, 7) is 5.60. The lowest BCUT2D eigenvalue weighted by molar-refractivity contribution is 0.0865. The SMILES string of the molecule is CC1c2c(Cl)c(-c3cccc4cc[nH]c34)cc(F)c2NC(C)(C)C1O. The molecule has 1 aromatic heterocycles. The summed E-state index contributed by atoms with van der Waals surface area (Å²) in [7, 11) is 0. The van der Waals surface area contributed by atoms with Crippen LogP contribution in [0.1, 0.15) is 32.3 Å². The van der Waals surface area contributed by atoms with Crippen LogP contribution in [-0.4, -0.2) is 21.7 Å². The van der Waals surface area contributed by atoms with E-state index in [0.717, 1.165) is 16.5 Å². The van der Waals surface area contributed by atoms with Crippen LogP contribution in [0.15, 0.2) is 36.5 Å². The van der Waals surface area contributed by atoms with Gasteiger partial charge in [0.15, 0.2) is 0 Å². The number of aromatic amines is 1. The topological polar surface area (TPSA) is 48.0 Å². The number of aliphatic hydroxyl groups is 1. The van der Waals surface area contributed by atoms with Crippen molar-refractivity contribution in [2.24, 2.45) is 0 Å². The van der Waals surface area contributed by atoms with E-state index >= 15 is 0 Å². The van der Waals surface area contributed by atoms with Crippen molar-refractivity contribution in [3.63, 3.8) is 0 Å². The van der Waals surface area contributed by atoms with Crippen LogP contribution in [0, 0.1) is 5.82 Å². The number of hydrogen-bond donors (Lipinski definition) is 3. The van der Waals surface area contributed by atoms with E-state index in [-0.39, 0.29) is 11.7 Å². The third kappa shape index (κ3) is 2.35. The average molecular weight is 359 g/mol. The Hall–Kier alpha value is -2.04. The van der Waals surface area contributed by atoms with Crippen LogP contribution in [0.4, 0.5) is 10.1 Å². The Morgan fingerprint density at radius 3 is 2.72 bits per heavy atom. The highest BCUT2D eigenvalue weighted by atomic mass is 35.5. The minimum atomic E-state index is -0.673. The van der Waals surface area contributed by atoms with Gasteiger partial charge in [-0.1, -0.05) is 36.7 Å². The van der Waals surface area contributed by atoms with Crippen LogP contribution in [0.25, 0.3) is 22.0 Å². The van der Waals surface area contributed by atoms with Crippen LogP contribution in [0.3, 0.4) is 0 Å². The molecule has 0 spiro atoms. The molecular formula is C20H20ClFN2O. The van der Waals surface area contributed by atoms with Gasteiger partial charge < -0.3 is 15.4 Å². The molecule has 1 aliphatic rings. The second-order valence-corrected chi connectivity index (χ2v) is 7.71. The van der Waals surface area contributed by atoms with E-state index in [4.69, 9.17) is 11.6 Å². The number of fused-ring (bicyclic) bond motifs is 2. The van der Waals surface area contributed by atoms with Gasteiger partial charge in [0.2, 0.25) is 0 Å². The fourth-order valence-electron chi connectivity index (χ4n) is 3.88. The summed E-state index contributed by atoms with van der Waals surface area (Å²) in [5.74, 6) is -0.638. The minimum Gasteiger partial charge on any atom is -0.390 e. The normalized spacial score (nSPS) is 21.8. The maximum Gasteiger partial charge on any atom is 0.147 e. The first-order valence-electron chi connectivity index (χ1n) is 8.36. The van der Waals surface area contributed by atoms with Crippen molar-refractivity contribution < 1.29 is 9.50 Å². The smallest absolute Gasteiger partial charge is 0.147 e. The number of rotatable bonds is 1. The summed E-state index contributed by atoms with van der Waals surface area (Å²) in [4.78, 5) is 3.20. The van der Waals surface area contributed by atoms with Crippen molar-refractivity contribution in [3.8, 4) is 11.1 Å². The highest BCUT2D eigenvalue weighted by Crippen LogP contribution is 2.47. The highest BCUT2D eigenvalue weighted by molar-refractivity contribution is 6.35. The van der Waals surface area contributed by atoms with Crippen molar-refractivity contribution in [2.75, 3.05) is 5.32 Å². The van der Waals surface area contributed by atoms with E-state index in [9.17, 15) is 9.50 Å². The molecule has 130 valence electrons. The van der Waals surface area contributed by atoms with E-state index < -0.39 is 11.6 Å². The Labute approximate surface area is 150 Å². The van der Waals surface area contributed by atoms with Crippen LogP contribution in [0.5, 0.6) is 0 Å². The van der Waals surface area contributed by atoms with E-state index in [1.165, 1.54) is 6.07 Å². The minimum absolute atomic E-state index is 0.281. The zero-order valence-electron chi connectivity index (χ0n) is 14.3. The molecule has 3 N–H and O–H groups in total. The summed E-state index contributed by atoms with van der Waals surface area (Å²) in [6.07, 6.45) is 1.18. The van der Waals surface area contributed by atoms with Crippen molar-refractivity contribution in [1.29, 1.82) is 0 Å². The van der Waals surface area contributed by atoms with Gasteiger partial charge in [0.25, 0.3) is 0 Å². The van der Waals surface area contributed by atoms with Gasteiger partial charge in [0.05, 0.1) is 27.9 Å². The van der Waals surface area contributed by atoms with E-state index in [1.807, 2.05) is 51.2 Å². The van der Waals surface area contributed by atoms with Gasteiger partial charge in [0.1, 0.15) is 5.82 Å². The molecule has 5 heteroatoms. The first-order chi connectivity index (χ1) is 11.8. The molecule has 4 rings (SSSR count). The number of H-pyrrole nitrogens is 1. The van der Waals surface area contributed by atoms with E-state index in [1.54, 1.807) is 0 Å². The van der Waals surface area contributed by atoms with Gasteiger partial charge >= 0.3 is 0 Å². The van der Waals surface area contributed by atoms with E-state index in [0.29, 0.717) is 21.8 Å². The molecule has 2 atom stereocenters. The molecule has 2 aromatic carbocycles. The Morgan fingerprint density at radius 2 is 1.96 bits per heavy atom. The second kappa shape index (κ2) is 5.48. The monoisotopic (exact) mass is 358 g/mol. The molecule has 3 aromatic rings. The molecule has 0 saturated heterocycles. The maximum absolute atomic E-state index is 15.0. The van der Waals surface area contributed by atoms with Crippen molar-refractivity contribution >= 4 is 28.2 Å². The predicted molar refractivity (Wildman–Crippen MR) is 101 cm³/mol. The maximum atomic E-state index is 15.0. The average Bonchev–Trinajstić information content (AvgIpc) is 3.04. The fraction of sp³-hybridized carbons (Fsp3) is 0.300. The lowest BCUT2D eigenvalue weighted by Crippen LogP contribution is -2.50. The molecule has 1 aliphatic heterocycles. The Balaban J connectivity index is 1.99. The van der Waals surface area contributed by atoms with Crippen LogP contribution >= 0.6 is 11.6 Å². The zero-order valence-corrected chi connectivity index (χ0v) is 15.1. The predicted octanol–water partition coefficient (Wildman–Crippen LogP) is 5.30. The summed E-state index contributed by atoms with van der Waals surface area (Å²) >= 11 is 6.72. The Bertz CT molecular complexity index is 979. The second-order valence-electron chi connectivity index (χ2n) is 7.34. The molecule has 2 unspecified atom stereocenters. The summed E-state index contributed by atoms with van der Waals surface area (Å²) in [6, 6.07) is 9.29. The number of hydrogen-bond acceptors (Lipinski definition) is 2. The van der Waals surface area contributed by atoms with Gasteiger partial charge in [-0.2, -0.15) is 0 Å². The quantitative estimate of drug-likeness (QED) is 0.553. The molecular weight excluding hydrogens is 339 g/mol. The zero-order chi connectivity index (χ0) is 17.9. The Morgan fingerprint density at radius 1 is 1.20 bits per heavy atom. The van der Waals surface area contributed by atoms with Crippen LogP contribution in [-0.2, 0) is 0 Å². The summed E-state index contributed by atoms with van der Waals surface area (Å²) in [5, 5.41) is 15.3. The van der Waals surface area contributed by atoms with Gasteiger partial charge in [-0.3, -0.25) is 0 Å². The lowest BCUT2D eigenvalue weighted by atomic mass is 9.78. The van der Waals surface area contributed by atoms with Crippen molar-refractivity contribution in [2.45, 2.75) is 38.3 Å². The number of para-hydroxylation sites is 1. The largest absolute Gasteiger partial charge is 0.390 e. The third-order valence-corrected chi connectivity index (χ3v) is 5.65. The lowest BCUT2D eigenvalue weighted by Gasteiger charge is -2.43. The van der Waals surface area contributed by atoms with Gasteiger partial charge in [-0.05, 0) is 31.4 Å². The molecule has 0 radical (unpaired) electrons. The first kappa shape index (κ1) is 16.4. The van der Waals surface area contributed by atoms with Gasteiger partial charge in [0, 0.05) is 28.8 Å². The summed E-state index contributed by atoms with van der Waals surface area (Å²) < 4.78 is 15.0. The molecule has 0 aliphatic carbocycles. The number of nitrogens with one attached hydrogen (secondary N) is 2. The number of anilines is 1. The number of aromatic nitrogens is 1. The third-order valence-electron chi connectivity index (χ3n) is 5.25. The van der Waals surface area contributed by atoms with E-state index in [2.05, 4.69) is 10.3 Å². The molecule has 25 heavy (non-hydrogen) atoms. The fourth-order valence-corrected chi connectivity index (χ4v) is 4.31. The number of halogens is 2. The molecule has 2 heterocycles. The molecule has 0 saturated carbocycles. The number of aliphatic hydroxyl groups excluding tert-OH is 1. The molecule has 0 fully saturated rings. The van der Waals surface area contributed by atoms with Crippen molar-refractivity contribution in [1.82, 2.24) is 4.98 Å². The summed E-state index contributed by atoms with van der Waals surface area (Å²) in [5.41, 5.74) is 2.79. The first-order valence-corrected chi connectivity index (χ1v) is 8.73. The van der Waals surface area contributed by atoms with Crippen LogP contribution in [0.2, 0.25) is 5.02 Å². The molecule has 0 bridgehead atoms. The Kier molecular flexibility index (Phi) is 3.60. The molecule has 3 nitrogen and oxygen atoms in total.